The molecule has 128 valence electrons. The van der Waals surface area contributed by atoms with Crippen LogP contribution in [0.15, 0.2) is 16.8 Å². The van der Waals surface area contributed by atoms with Crippen molar-refractivity contribution in [1.82, 2.24) is 20.3 Å². The Morgan fingerprint density at radius 3 is 2.92 bits per heavy atom. The van der Waals surface area contributed by atoms with Gasteiger partial charge in [-0.05, 0) is 6.92 Å². The van der Waals surface area contributed by atoms with Crippen molar-refractivity contribution in [2.45, 2.75) is 31.3 Å². The molecule has 0 spiro atoms. The Labute approximate surface area is 137 Å². The summed E-state index contributed by atoms with van der Waals surface area (Å²) in [6.45, 7) is 2.42. The predicted molar refractivity (Wildman–Crippen MR) is 80.2 cm³/mol. The molecule has 1 amide bonds. The second-order valence-electron chi connectivity index (χ2n) is 6.09. The Morgan fingerprint density at radius 1 is 1.38 bits per heavy atom. The van der Waals surface area contributed by atoms with E-state index in [-0.39, 0.29) is 36.5 Å². The number of rotatable bonds is 3. The van der Waals surface area contributed by atoms with Crippen LogP contribution in [-0.2, 0) is 16.5 Å². The summed E-state index contributed by atoms with van der Waals surface area (Å²) in [5, 5.41) is 20.5. The lowest BCUT2D eigenvalue weighted by Crippen LogP contribution is -2.44. The molecule has 4 atom stereocenters. The first-order valence-electron chi connectivity index (χ1n) is 7.72. The van der Waals surface area contributed by atoms with E-state index >= 15 is 0 Å². The summed E-state index contributed by atoms with van der Waals surface area (Å²) in [4.78, 5) is 12.4. The summed E-state index contributed by atoms with van der Waals surface area (Å²) < 4.78 is 18.0. The second kappa shape index (κ2) is 5.69. The van der Waals surface area contributed by atoms with Crippen LogP contribution in [-0.4, -0.2) is 63.5 Å². The highest BCUT2D eigenvalue weighted by Gasteiger charge is 2.47. The van der Waals surface area contributed by atoms with Gasteiger partial charge in [-0.2, -0.15) is 5.10 Å². The summed E-state index contributed by atoms with van der Waals surface area (Å²) in [6, 6.07) is 1.26. The standard InChI is InChI=1S/C15H18N4O5/c1-7-8(4-16-19(7)2)12-3-9(18-24-12)15(21)17-10-5-22-14-11(20)6-23-13(10)14/h3-4,10-11,13-14,20H,5-6H2,1-2H3,(H,17,21)/t10-,11-,13+,14+/m0/s1. The lowest BCUT2D eigenvalue weighted by molar-refractivity contribution is 0.0178. The van der Waals surface area contributed by atoms with Crippen molar-refractivity contribution < 1.29 is 23.9 Å². The minimum atomic E-state index is -0.649. The fourth-order valence-corrected chi connectivity index (χ4v) is 3.09. The molecule has 2 aromatic rings. The highest BCUT2D eigenvalue weighted by molar-refractivity contribution is 5.93. The zero-order chi connectivity index (χ0) is 16.8. The van der Waals surface area contributed by atoms with Crippen LogP contribution in [0.1, 0.15) is 16.2 Å². The van der Waals surface area contributed by atoms with Crippen molar-refractivity contribution >= 4 is 5.91 Å². The lowest BCUT2D eigenvalue weighted by Gasteiger charge is -2.16. The molecule has 0 unspecified atom stereocenters. The third-order valence-electron chi connectivity index (χ3n) is 4.59. The molecule has 4 rings (SSSR count). The molecule has 2 aromatic heterocycles. The Kier molecular flexibility index (Phi) is 3.63. The van der Waals surface area contributed by atoms with Crippen LogP contribution < -0.4 is 5.32 Å². The summed E-state index contributed by atoms with van der Waals surface area (Å²) in [5.41, 5.74) is 1.88. The number of carbonyl (C=O) groups is 1. The summed E-state index contributed by atoms with van der Waals surface area (Å²) in [7, 11) is 1.83. The van der Waals surface area contributed by atoms with Crippen molar-refractivity contribution in [2.24, 2.45) is 7.05 Å². The van der Waals surface area contributed by atoms with E-state index in [1.54, 1.807) is 16.9 Å². The molecular weight excluding hydrogens is 316 g/mol. The van der Waals surface area contributed by atoms with Crippen molar-refractivity contribution in [3.63, 3.8) is 0 Å². The third-order valence-corrected chi connectivity index (χ3v) is 4.59. The molecule has 0 radical (unpaired) electrons. The number of hydrogen-bond acceptors (Lipinski definition) is 7. The van der Waals surface area contributed by atoms with Crippen molar-refractivity contribution in [3.05, 3.63) is 23.7 Å². The van der Waals surface area contributed by atoms with Gasteiger partial charge in [-0.1, -0.05) is 5.16 Å². The van der Waals surface area contributed by atoms with Crippen LogP contribution in [0.2, 0.25) is 0 Å². The van der Waals surface area contributed by atoms with E-state index in [1.165, 1.54) is 0 Å². The Hall–Kier alpha value is -2.23. The van der Waals surface area contributed by atoms with Crippen LogP contribution >= 0.6 is 0 Å². The number of aliphatic hydroxyl groups excluding tert-OH is 1. The maximum atomic E-state index is 12.4. The van der Waals surface area contributed by atoms with Crippen LogP contribution in [0.5, 0.6) is 0 Å². The average Bonchev–Trinajstić information content (AvgIpc) is 3.30. The van der Waals surface area contributed by atoms with Crippen LogP contribution in [0.4, 0.5) is 0 Å². The van der Waals surface area contributed by atoms with Crippen molar-refractivity contribution in [3.8, 4) is 11.3 Å². The number of fused-ring (bicyclic) bond motifs is 1. The fraction of sp³-hybridized carbons (Fsp3) is 0.533. The first-order valence-corrected chi connectivity index (χ1v) is 7.72. The number of amides is 1. The predicted octanol–water partition coefficient (Wildman–Crippen LogP) is -0.360. The molecule has 2 aliphatic heterocycles. The highest BCUT2D eigenvalue weighted by atomic mass is 16.6. The quantitative estimate of drug-likeness (QED) is 0.788. The van der Waals surface area contributed by atoms with Crippen molar-refractivity contribution in [2.75, 3.05) is 13.2 Å². The molecule has 0 aliphatic carbocycles. The van der Waals surface area contributed by atoms with Crippen LogP contribution in [0.3, 0.4) is 0 Å². The molecule has 0 saturated carbocycles. The Morgan fingerprint density at radius 2 is 2.17 bits per heavy atom. The number of nitrogens with one attached hydrogen (secondary N) is 1. The molecule has 2 fully saturated rings. The minimum absolute atomic E-state index is 0.176. The van der Waals surface area contributed by atoms with Gasteiger partial charge in [0.2, 0.25) is 0 Å². The number of ether oxygens (including phenoxy) is 2. The lowest BCUT2D eigenvalue weighted by atomic mass is 10.1. The van der Waals surface area contributed by atoms with Gasteiger partial charge in [0.25, 0.3) is 5.91 Å². The van der Waals surface area contributed by atoms with Gasteiger partial charge in [-0.15, -0.1) is 0 Å². The van der Waals surface area contributed by atoms with Gasteiger partial charge in [-0.3, -0.25) is 9.48 Å². The fourth-order valence-electron chi connectivity index (χ4n) is 3.09. The zero-order valence-electron chi connectivity index (χ0n) is 13.3. The largest absolute Gasteiger partial charge is 0.388 e. The van der Waals surface area contributed by atoms with Gasteiger partial charge in [0, 0.05) is 18.8 Å². The van der Waals surface area contributed by atoms with Crippen LogP contribution in [0, 0.1) is 6.92 Å². The number of carbonyl (C=O) groups excluding carboxylic acids is 1. The second-order valence-corrected chi connectivity index (χ2v) is 6.09. The highest BCUT2D eigenvalue weighted by Crippen LogP contribution is 2.27. The Bertz CT molecular complexity index is 770. The summed E-state index contributed by atoms with van der Waals surface area (Å²) in [5.74, 6) is 0.115. The molecule has 2 aliphatic rings. The van der Waals surface area contributed by atoms with E-state index in [0.29, 0.717) is 12.4 Å². The molecule has 9 heteroatoms. The molecule has 4 heterocycles. The number of aryl methyl sites for hydroxylation is 1. The maximum absolute atomic E-state index is 12.4. The number of aromatic nitrogens is 3. The Balaban J connectivity index is 1.47. The zero-order valence-corrected chi connectivity index (χ0v) is 13.3. The van der Waals surface area contributed by atoms with E-state index in [1.807, 2.05) is 14.0 Å². The van der Waals surface area contributed by atoms with E-state index in [2.05, 4.69) is 15.6 Å². The first kappa shape index (κ1) is 15.3. The maximum Gasteiger partial charge on any atom is 0.273 e. The van der Waals surface area contributed by atoms with E-state index < -0.39 is 6.10 Å². The first-order chi connectivity index (χ1) is 11.5. The summed E-state index contributed by atoms with van der Waals surface area (Å²) in [6.07, 6.45) is 0.293. The minimum Gasteiger partial charge on any atom is -0.388 e. The summed E-state index contributed by atoms with van der Waals surface area (Å²) >= 11 is 0. The van der Waals surface area contributed by atoms with Gasteiger partial charge in [0.1, 0.15) is 18.3 Å². The molecule has 2 N–H and O–H groups in total. The van der Waals surface area contributed by atoms with E-state index in [9.17, 15) is 9.90 Å². The van der Waals surface area contributed by atoms with Gasteiger partial charge in [-0.25, -0.2) is 0 Å². The third kappa shape index (κ3) is 2.41. The van der Waals surface area contributed by atoms with Crippen molar-refractivity contribution in [1.29, 1.82) is 0 Å². The van der Waals surface area contributed by atoms with Crippen LogP contribution in [0.25, 0.3) is 11.3 Å². The SMILES string of the molecule is Cc1c(-c2cc(C(=O)N[C@H]3CO[C@H]4[C@@H]3OC[C@@H]4O)no2)cnn1C. The number of aliphatic hydroxyl groups is 1. The number of hydrogen-bond donors (Lipinski definition) is 2. The van der Waals surface area contributed by atoms with Gasteiger partial charge in [0.05, 0.1) is 31.0 Å². The molecule has 0 aromatic carbocycles. The van der Waals surface area contributed by atoms with Gasteiger partial charge in [0.15, 0.2) is 11.5 Å². The topological polar surface area (TPSA) is 112 Å². The molecule has 0 bridgehead atoms. The monoisotopic (exact) mass is 334 g/mol. The van der Waals surface area contributed by atoms with Gasteiger partial charge >= 0.3 is 0 Å². The number of nitrogens with zero attached hydrogens (tertiary/aromatic N) is 3. The average molecular weight is 334 g/mol. The molecule has 24 heavy (non-hydrogen) atoms. The molecular formula is C15H18N4O5. The molecule has 9 nitrogen and oxygen atoms in total. The van der Waals surface area contributed by atoms with Gasteiger partial charge < -0.3 is 24.4 Å². The van der Waals surface area contributed by atoms with E-state index in [4.69, 9.17) is 14.0 Å². The molecule has 2 saturated heterocycles. The van der Waals surface area contributed by atoms with E-state index in [0.717, 1.165) is 11.3 Å². The smallest absolute Gasteiger partial charge is 0.273 e. The normalized spacial score (nSPS) is 29.0.